The Balaban J connectivity index is 2.10. The number of imidazole rings is 1. The fraction of sp³-hybridized carbons (Fsp3) is 0.125. The summed E-state index contributed by atoms with van der Waals surface area (Å²) in [5, 5.41) is 17.0. The van der Waals surface area contributed by atoms with E-state index in [4.69, 9.17) is 5.26 Å². The molecule has 0 amide bonds. The molecule has 0 saturated heterocycles. The molecule has 0 aliphatic carbocycles. The summed E-state index contributed by atoms with van der Waals surface area (Å²) in [6.07, 6.45) is -3.53. The van der Waals surface area contributed by atoms with E-state index in [0.29, 0.717) is 22.6 Å². The number of nitriles is 1. The van der Waals surface area contributed by atoms with Gasteiger partial charge in [-0.05, 0) is 31.2 Å². The van der Waals surface area contributed by atoms with Gasteiger partial charge in [0, 0.05) is 6.20 Å². The van der Waals surface area contributed by atoms with Gasteiger partial charge < -0.3 is 0 Å². The molecule has 24 heavy (non-hydrogen) atoms. The Labute approximate surface area is 134 Å². The van der Waals surface area contributed by atoms with Crippen LogP contribution < -0.4 is 0 Å². The summed E-state index contributed by atoms with van der Waals surface area (Å²) in [5.74, 6) is 0.184. The van der Waals surface area contributed by atoms with Crippen LogP contribution in [0.1, 0.15) is 16.8 Å². The predicted molar refractivity (Wildman–Crippen MR) is 80.3 cm³/mol. The van der Waals surface area contributed by atoms with E-state index in [0.717, 1.165) is 12.3 Å². The number of alkyl halides is 3. The molecule has 0 bridgehead atoms. The molecule has 0 saturated carbocycles. The highest BCUT2D eigenvalue weighted by atomic mass is 19.4. The van der Waals surface area contributed by atoms with Crippen LogP contribution in [0.15, 0.2) is 52.8 Å². The van der Waals surface area contributed by atoms with E-state index < -0.39 is 11.7 Å². The second kappa shape index (κ2) is 5.77. The molecule has 0 N–H and O–H groups in total. The van der Waals surface area contributed by atoms with Crippen LogP contribution >= 0.6 is 0 Å². The van der Waals surface area contributed by atoms with Crippen LogP contribution in [0.25, 0.3) is 5.65 Å². The van der Waals surface area contributed by atoms with Gasteiger partial charge in [-0.15, -0.1) is 10.2 Å². The van der Waals surface area contributed by atoms with Gasteiger partial charge in [0.05, 0.1) is 16.8 Å². The van der Waals surface area contributed by atoms with E-state index in [2.05, 4.69) is 15.2 Å². The SMILES string of the molecule is Cc1nc2ccc(C(F)(F)F)cn2c1N=Nc1ccccc1C#N. The predicted octanol–water partition coefficient (Wildman–Crippen LogP) is 4.95. The molecule has 0 aliphatic heterocycles. The van der Waals surface area contributed by atoms with Crippen LogP contribution in [0.3, 0.4) is 0 Å². The largest absolute Gasteiger partial charge is 0.417 e. The van der Waals surface area contributed by atoms with Crippen molar-refractivity contribution >= 4 is 17.2 Å². The van der Waals surface area contributed by atoms with Gasteiger partial charge in [0.25, 0.3) is 0 Å². The first kappa shape index (κ1) is 15.7. The maximum Gasteiger partial charge on any atom is 0.417 e. The summed E-state index contributed by atoms with van der Waals surface area (Å²) in [4.78, 5) is 4.17. The Morgan fingerprint density at radius 2 is 1.88 bits per heavy atom. The normalized spacial score (nSPS) is 12.0. The number of pyridine rings is 1. The Bertz CT molecular complexity index is 980. The second-order valence-corrected chi connectivity index (χ2v) is 4.99. The minimum atomic E-state index is -4.46. The molecule has 0 radical (unpaired) electrons. The minimum Gasteiger partial charge on any atom is -0.282 e. The van der Waals surface area contributed by atoms with Crippen molar-refractivity contribution < 1.29 is 13.2 Å². The quantitative estimate of drug-likeness (QED) is 0.624. The molecular weight excluding hydrogens is 319 g/mol. The monoisotopic (exact) mass is 329 g/mol. The molecule has 5 nitrogen and oxygen atoms in total. The summed E-state index contributed by atoms with van der Waals surface area (Å²) >= 11 is 0. The molecular formula is C16H10F3N5. The van der Waals surface area contributed by atoms with Crippen LogP contribution in [0.2, 0.25) is 0 Å². The van der Waals surface area contributed by atoms with Gasteiger partial charge in [-0.1, -0.05) is 12.1 Å². The smallest absolute Gasteiger partial charge is 0.282 e. The Morgan fingerprint density at radius 3 is 2.58 bits per heavy atom. The number of rotatable bonds is 2. The maximum absolute atomic E-state index is 12.9. The highest BCUT2D eigenvalue weighted by Crippen LogP contribution is 2.31. The van der Waals surface area contributed by atoms with Gasteiger partial charge in [-0.3, -0.25) is 4.40 Å². The third-order valence-electron chi connectivity index (χ3n) is 3.37. The van der Waals surface area contributed by atoms with Crippen LogP contribution in [0.4, 0.5) is 24.7 Å². The molecule has 1 aromatic carbocycles. The van der Waals surface area contributed by atoms with Crippen molar-refractivity contribution in [3.8, 4) is 6.07 Å². The van der Waals surface area contributed by atoms with Gasteiger partial charge in [-0.2, -0.15) is 18.4 Å². The van der Waals surface area contributed by atoms with Crippen LogP contribution in [-0.2, 0) is 6.18 Å². The molecule has 2 heterocycles. The second-order valence-electron chi connectivity index (χ2n) is 4.99. The summed E-state index contributed by atoms with van der Waals surface area (Å²) < 4.78 is 39.9. The van der Waals surface area contributed by atoms with Crippen molar-refractivity contribution in [1.82, 2.24) is 9.38 Å². The van der Waals surface area contributed by atoms with Crippen molar-refractivity contribution in [2.45, 2.75) is 13.1 Å². The van der Waals surface area contributed by atoms with Gasteiger partial charge in [0.1, 0.15) is 17.4 Å². The molecule has 3 aromatic rings. The molecule has 8 heteroatoms. The van der Waals surface area contributed by atoms with Gasteiger partial charge in [-0.25, -0.2) is 4.98 Å². The third-order valence-corrected chi connectivity index (χ3v) is 3.37. The summed E-state index contributed by atoms with van der Waals surface area (Å²) in [6.45, 7) is 1.63. The number of azo groups is 1. The number of benzene rings is 1. The lowest BCUT2D eigenvalue weighted by Gasteiger charge is -2.06. The highest BCUT2D eigenvalue weighted by molar-refractivity contribution is 5.55. The Kier molecular flexibility index (Phi) is 3.77. The number of halogens is 3. The number of hydrogen-bond donors (Lipinski definition) is 0. The van der Waals surface area contributed by atoms with E-state index in [1.807, 2.05) is 6.07 Å². The number of nitrogens with zero attached hydrogens (tertiary/aromatic N) is 5. The van der Waals surface area contributed by atoms with Gasteiger partial charge >= 0.3 is 6.18 Å². The maximum atomic E-state index is 12.9. The topological polar surface area (TPSA) is 65.8 Å². The van der Waals surface area contributed by atoms with Crippen molar-refractivity contribution in [3.05, 3.63) is 59.4 Å². The molecule has 0 fully saturated rings. The molecule has 2 aromatic heterocycles. The molecule has 0 atom stereocenters. The fourth-order valence-electron chi connectivity index (χ4n) is 2.19. The minimum absolute atomic E-state index is 0.184. The summed E-state index contributed by atoms with van der Waals surface area (Å²) in [6, 6.07) is 10.8. The van der Waals surface area contributed by atoms with Crippen LogP contribution in [-0.4, -0.2) is 9.38 Å². The highest BCUT2D eigenvalue weighted by Gasteiger charge is 2.31. The van der Waals surface area contributed by atoms with Crippen LogP contribution in [0.5, 0.6) is 0 Å². The number of aryl methyl sites for hydroxylation is 1. The van der Waals surface area contributed by atoms with E-state index in [1.54, 1.807) is 31.2 Å². The zero-order valence-electron chi connectivity index (χ0n) is 12.4. The van der Waals surface area contributed by atoms with Crippen LogP contribution in [0, 0.1) is 18.3 Å². The molecule has 0 spiro atoms. The Hall–Kier alpha value is -3.21. The average Bonchev–Trinajstić information content (AvgIpc) is 2.86. The fourth-order valence-corrected chi connectivity index (χ4v) is 2.19. The Morgan fingerprint density at radius 1 is 1.12 bits per heavy atom. The van der Waals surface area contributed by atoms with E-state index in [9.17, 15) is 13.2 Å². The van der Waals surface area contributed by atoms with E-state index in [-0.39, 0.29) is 5.82 Å². The number of aromatic nitrogens is 2. The standard InChI is InChI=1S/C16H10F3N5/c1-10-15(23-22-13-5-3-2-4-11(13)8-20)24-9-12(16(17,18)19)6-7-14(24)21-10/h2-7,9H,1H3. The van der Waals surface area contributed by atoms with Gasteiger partial charge in [0.15, 0.2) is 5.82 Å². The first-order valence-corrected chi connectivity index (χ1v) is 6.87. The molecule has 120 valence electrons. The lowest BCUT2D eigenvalue weighted by molar-refractivity contribution is -0.137. The van der Waals surface area contributed by atoms with Gasteiger partial charge in [0.2, 0.25) is 0 Å². The zero-order valence-corrected chi connectivity index (χ0v) is 12.4. The molecule has 3 rings (SSSR count). The number of fused-ring (bicyclic) bond motifs is 1. The first-order valence-electron chi connectivity index (χ1n) is 6.87. The van der Waals surface area contributed by atoms with Crippen molar-refractivity contribution in [2.24, 2.45) is 10.2 Å². The first-order chi connectivity index (χ1) is 11.4. The third kappa shape index (κ3) is 2.84. The zero-order chi connectivity index (χ0) is 17.3. The average molecular weight is 329 g/mol. The number of hydrogen-bond acceptors (Lipinski definition) is 4. The lowest BCUT2D eigenvalue weighted by atomic mass is 10.2. The summed E-state index contributed by atoms with van der Waals surface area (Å²) in [7, 11) is 0. The van der Waals surface area contributed by atoms with Crippen molar-refractivity contribution in [1.29, 1.82) is 5.26 Å². The molecule has 0 unspecified atom stereocenters. The van der Waals surface area contributed by atoms with E-state index >= 15 is 0 Å². The van der Waals surface area contributed by atoms with E-state index in [1.165, 1.54) is 10.5 Å². The summed E-state index contributed by atoms with van der Waals surface area (Å²) in [5.41, 5.74) is 0.627. The van der Waals surface area contributed by atoms with Crippen molar-refractivity contribution in [3.63, 3.8) is 0 Å². The van der Waals surface area contributed by atoms with Crippen molar-refractivity contribution in [2.75, 3.05) is 0 Å². The molecule has 0 aliphatic rings. The lowest BCUT2D eigenvalue weighted by Crippen LogP contribution is -2.06.